The first-order valence-electron chi connectivity index (χ1n) is 9.32. The molecule has 0 unspecified atom stereocenters. The first kappa shape index (κ1) is 18.3. The van der Waals surface area contributed by atoms with Crippen molar-refractivity contribution in [1.29, 1.82) is 0 Å². The van der Waals surface area contributed by atoms with Crippen molar-refractivity contribution in [1.82, 2.24) is 24.6 Å². The van der Waals surface area contributed by atoms with Crippen LogP contribution in [0.2, 0.25) is 0 Å². The molecule has 1 aromatic carbocycles. The predicted octanol–water partition coefficient (Wildman–Crippen LogP) is 2.18. The van der Waals surface area contributed by atoms with E-state index in [1.165, 1.54) is 0 Å². The number of aryl methyl sites for hydroxylation is 3. The summed E-state index contributed by atoms with van der Waals surface area (Å²) < 4.78 is 1.81. The number of hydrogen-bond donors (Lipinski definition) is 1. The lowest BCUT2D eigenvalue weighted by Crippen LogP contribution is -2.36. The molecule has 1 aliphatic rings. The summed E-state index contributed by atoms with van der Waals surface area (Å²) in [5, 5.41) is 13.9. The molecule has 28 heavy (non-hydrogen) atoms. The Morgan fingerprint density at radius 3 is 2.89 bits per heavy atom. The molecule has 2 aromatic heterocycles. The van der Waals surface area contributed by atoms with E-state index in [-0.39, 0.29) is 12.5 Å². The fourth-order valence-corrected chi connectivity index (χ4v) is 3.76. The van der Waals surface area contributed by atoms with E-state index in [2.05, 4.69) is 15.1 Å². The van der Waals surface area contributed by atoms with Crippen molar-refractivity contribution in [3.8, 4) is 11.3 Å². The molecular weight excluding hydrogens is 354 g/mol. The minimum atomic E-state index is -0.119. The second kappa shape index (κ2) is 7.16. The van der Waals surface area contributed by atoms with Gasteiger partial charge in [0.2, 0.25) is 0 Å². The fourth-order valence-electron chi connectivity index (χ4n) is 3.76. The third kappa shape index (κ3) is 3.18. The van der Waals surface area contributed by atoms with E-state index in [0.29, 0.717) is 24.3 Å². The molecule has 0 radical (unpaired) electrons. The number of hydrogen-bond acceptors (Lipinski definition) is 5. The molecule has 0 atom stereocenters. The van der Waals surface area contributed by atoms with E-state index in [9.17, 15) is 9.90 Å². The molecule has 0 bridgehead atoms. The highest BCUT2D eigenvalue weighted by molar-refractivity contribution is 5.95. The summed E-state index contributed by atoms with van der Waals surface area (Å²) in [5.41, 5.74) is 6.68. The monoisotopic (exact) mass is 377 g/mol. The number of aliphatic hydroxyl groups is 1. The molecule has 1 amide bonds. The number of nitrogens with zero attached hydrogens (tertiary/aromatic N) is 5. The standard InChI is InChI=1S/C21H23N5O2/c1-13-10-22-14(2)20(23-13)15-5-4-6-16(9-15)21(28)26-8-7-19-17(11-26)18(12-27)24-25(19)3/h4-6,9-10,27H,7-8,11-12H2,1-3H3. The maximum atomic E-state index is 13.2. The normalized spacial score (nSPS) is 13.5. The van der Waals surface area contributed by atoms with Gasteiger partial charge >= 0.3 is 0 Å². The second-order valence-corrected chi connectivity index (χ2v) is 7.16. The summed E-state index contributed by atoms with van der Waals surface area (Å²) in [6, 6.07) is 7.54. The summed E-state index contributed by atoms with van der Waals surface area (Å²) in [6.07, 6.45) is 2.47. The van der Waals surface area contributed by atoms with Crippen LogP contribution in [0.15, 0.2) is 30.5 Å². The first-order chi connectivity index (χ1) is 13.5. The van der Waals surface area contributed by atoms with Crippen LogP contribution in [-0.2, 0) is 26.6 Å². The number of aromatic nitrogens is 4. The first-order valence-corrected chi connectivity index (χ1v) is 9.32. The van der Waals surface area contributed by atoms with Gasteiger partial charge in [0, 0.05) is 55.1 Å². The van der Waals surface area contributed by atoms with Crippen LogP contribution < -0.4 is 0 Å². The van der Waals surface area contributed by atoms with Gasteiger partial charge in [-0.2, -0.15) is 5.10 Å². The van der Waals surface area contributed by atoms with Crippen molar-refractivity contribution in [2.75, 3.05) is 6.54 Å². The average Bonchev–Trinajstić information content (AvgIpc) is 3.04. The summed E-state index contributed by atoms with van der Waals surface area (Å²) in [6.45, 7) is 4.80. The Hall–Kier alpha value is -3.06. The van der Waals surface area contributed by atoms with Crippen LogP contribution in [-0.4, -0.2) is 42.2 Å². The third-order valence-electron chi connectivity index (χ3n) is 5.22. The maximum absolute atomic E-state index is 13.2. The van der Waals surface area contributed by atoms with Gasteiger partial charge in [-0.05, 0) is 26.0 Å². The Kier molecular flexibility index (Phi) is 4.68. The van der Waals surface area contributed by atoms with Crippen LogP contribution in [0.3, 0.4) is 0 Å². The summed E-state index contributed by atoms with van der Waals surface area (Å²) in [7, 11) is 1.88. The van der Waals surface area contributed by atoms with Crippen molar-refractivity contribution >= 4 is 5.91 Å². The van der Waals surface area contributed by atoms with Gasteiger partial charge in [-0.25, -0.2) is 4.98 Å². The molecule has 7 nitrogen and oxygen atoms in total. The van der Waals surface area contributed by atoms with Gasteiger partial charge in [0.1, 0.15) is 0 Å². The molecule has 3 heterocycles. The summed E-state index contributed by atoms with van der Waals surface area (Å²) in [5.74, 6) is -0.0292. The van der Waals surface area contributed by atoms with E-state index in [1.807, 2.05) is 54.7 Å². The lowest BCUT2D eigenvalue weighted by Gasteiger charge is -2.28. The van der Waals surface area contributed by atoms with Crippen LogP contribution in [0, 0.1) is 13.8 Å². The lowest BCUT2D eigenvalue weighted by atomic mass is 10.0. The van der Waals surface area contributed by atoms with Crippen molar-refractivity contribution in [3.05, 3.63) is 64.4 Å². The van der Waals surface area contributed by atoms with E-state index < -0.39 is 0 Å². The quantitative estimate of drug-likeness (QED) is 0.756. The SMILES string of the molecule is Cc1cnc(C)c(-c2cccc(C(=O)N3CCc4c(c(CO)nn4C)C3)c2)n1. The van der Waals surface area contributed by atoms with Crippen molar-refractivity contribution in [2.45, 2.75) is 33.4 Å². The maximum Gasteiger partial charge on any atom is 0.254 e. The van der Waals surface area contributed by atoms with Crippen molar-refractivity contribution < 1.29 is 9.90 Å². The molecule has 0 spiro atoms. The molecular formula is C21H23N5O2. The van der Waals surface area contributed by atoms with E-state index in [0.717, 1.165) is 40.3 Å². The molecule has 144 valence electrons. The van der Waals surface area contributed by atoms with Gasteiger partial charge in [0.25, 0.3) is 5.91 Å². The number of amides is 1. The molecule has 4 rings (SSSR count). The van der Waals surface area contributed by atoms with Crippen molar-refractivity contribution in [3.63, 3.8) is 0 Å². The Morgan fingerprint density at radius 1 is 1.29 bits per heavy atom. The fraction of sp³-hybridized carbons (Fsp3) is 0.333. The third-order valence-corrected chi connectivity index (χ3v) is 5.22. The number of benzene rings is 1. The van der Waals surface area contributed by atoms with Crippen molar-refractivity contribution in [2.24, 2.45) is 7.05 Å². The van der Waals surface area contributed by atoms with Crippen LogP contribution in [0.4, 0.5) is 0 Å². The average molecular weight is 377 g/mol. The molecule has 1 aliphatic heterocycles. The molecule has 7 heteroatoms. The smallest absolute Gasteiger partial charge is 0.254 e. The Morgan fingerprint density at radius 2 is 2.11 bits per heavy atom. The summed E-state index contributed by atoms with van der Waals surface area (Å²) in [4.78, 5) is 23.9. The topological polar surface area (TPSA) is 84.1 Å². The zero-order valence-corrected chi connectivity index (χ0v) is 16.3. The van der Waals surface area contributed by atoms with E-state index in [1.54, 1.807) is 6.20 Å². The minimum absolute atomic E-state index is 0.0292. The zero-order chi connectivity index (χ0) is 19.8. The highest BCUT2D eigenvalue weighted by Crippen LogP contribution is 2.25. The lowest BCUT2D eigenvalue weighted by molar-refractivity contribution is 0.0732. The van der Waals surface area contributed by atoms with Gasteiger partial charge in [-0.1, -0.05) is 12.1 Å². The van der Waals surface area contributed by atoms with Gasteiger partial charge in [0.15, 0.2) is 0 Å². The predicted molar refractivity (Wildman–Crippen MR) is 105 cm³/mol. The minimum Gasteiger partial charge on any atom is -0.390 e. The highest BCUT2D eigenvalue weighted by Gasteiger charge is 2.27. The Balaban J connectivity index is 1.63. The molecule has 1 N–H and O–H groups in total. The number of carbonyl (C=O) groups is 1. The van der Waals surface area contributed by atoms with Gasteiger partial charge in [-0.3, -0.25) is 14.5 Å². The molecule has 0 aliphatic carbocycles. The number of rotatable bonds is 3. The zero-order valence-electron chi connectivity index (χ0n) is 16.3. The molecule has 0 saturated heterocycles. The van der Waals surface area contributed by atoms with Crippen LogP contribution in [0.1, 0.15) is 38.7 Å². The summed E-state index contributed by atoms with van der Waals surface area (Å²) >= 11 is 0. The van der Waals surface area contributed by atoms with Gasteiger partial charge < -0.3 is 10.0 Å². The van der Waals surface area contributed by atoms with Crippen LogP contribution >= 0.6 is 0 Å². The van der Waals surface area contributed by atoms with E-state index in [4.69, 9.17) is 0 Å². The molecule has 0 saturated carbocycles. The number of aliphatic hydroxyl groups excluding tert-OH is 1. The van der Waals surface area contributed by atoms with Crippen LogP contribution in [0.5, 0.6) is 0 Å². The number of fused-ring (bicyclic) bond motifs is 1. The van der Waals surface area contributed by atoms with Gasteiger partial charge in [0.05, 0.1) is 29.4 Å². The Bertz CT molecular complexity index is 1060. The van der Waals surface area contributed by atoms with Crippen LogP contribution in [0.25, 0.3) is 11.3 Å². The Labute approximate surface area is 163 Å². The highest BCUT2D eigenvalue weighted by atomic mass is 16.3. The number of carbonyl (C=O) groups excluding carboxylic acids is 1. The largest absolute Gasteiger partial charge is 0.390 e. The molecule has 3 aromatic rings. The van der Waals surface area contributed by atoms with E-state index >= 15 is 0 Å². The van der Waals surface area contributed by atoms with Gasteiger partial charge in [-0.15, -0.1) is 0 Å². The molecule has 0 fully saturated rings. The second-order valence-electron chi connectivity index (χ2n) is 7.16.